The molecular weight excluding hydrogens is 443 g/mol. The van der Waals surface area contributed by atoms with E-state index in [0.29, 0.717) is 18.0 Å². The Morgan fingerprint density at radius 2 is 1.58 bits per heavy atom. The molecule has 0 unspecified atom stereocenters. The van der Waals surface area contributed by atoms with E-state index in [4.69, 9.17) is 20.3 Å². The molecule has 1 atom stereocenters. The van der Waals surface area contributed by atoms with Crippen LogP contribution in [-0.2, 0) is 20.3 Å². The Morgan fingerprint density at radius 1 is 0.939 bits per heavy atom. The topological polar surface area (TPSA) is 131 Å². The predicted molar refractivity (Wildman–Crippen MR) is 127 cm³/mol. The van der Waals surface area contributed by atoms with E-state index in [1.165, 1.54) is 16.7 Å². The fourth-order valence-corrected chi connectivity index (χ4v) is 3.44. The number of nitrogens with two attached hydrogens (primary N) is 1. The summed E-state index contributed by atoms with van der Waals surface area (Å²) >= 11 is 0. The van der Waals surface area contributed by atoms with Gasteiger partial charge in [0.2, 0.25) is 5.91 Å². The van der Waals surface area contributed by atoms with Gasteiger partial charge in [0.1, 0.15) is 11.8 Å². The van der Waals surface area contributed by atoms with Gasteiger partial charge in [0, 0.05) is 5.69 Å². The van der Waals surface area contributed by atoms with E-state index >= 15 is 0 Å². The van der Waals surface area contributed by atoms with Crippen molar-refractivity contribution >= 4 is 19.4 Å². The van der Waals surface area contributed by atoms with Crippen LogP contribution in [0.2, 0.25) is 0 Å². The maximum absolute atomic E-state index is 12.0. The van der Waals surface area contributed by atoms with Crippen LogP contribution in [0.1, 0.15) is 12.0 Å². The minimum Gasteiger partial charge on any atom is -0.494 e. The molecule has 0 saturated carbocycles. The standard InChI is InChI=1S/C24H27N2O6P/c25-23(17-32-33(28,29)30)24(27)26-21-12-14-22(15-13-21)31-16-4-5-18-8-10-20(11-9-18)19-6-2-1-3-7-19/h1-3,6-15,23H,4-5,16-17,25H2,(H,26,27)(H2,28,29,30)/t23-/m0/s1. The van der Waals surface area contributed by atoms with Gasteiger partial charge in [-0.3, -0.25) is 9.32 Å². The third-order valence-corrected chi connectivity index (χ3v) is 5.31. The van der Waals surface area contributed by atoms with Crippen LogP contribution in [0.5, 0.6) is 5.75 Å². The molecule has 0 heterocycles. The Hall–Kier alpha value is -3.00. The lowest BCUT2D eigenvalue weighted by molar-refractivity contribution is -0.118. The normalized spacial score (nSPS) is 12.2. The number of hydrogen-bond donors (Lipinski definition) is 4. The van der Waals surface area contributed by atoms with Gasteiger partial charge in [0.15, 0.2) is 0 Å². The molecular formula is C24H27N2O6P. The van der Waals surface area contributed by atoms with Crippen LogP contribution < -0.4 is 15.8 Å². The summed E-state index contributed by atoms with van der Waals surface area (Å²) in [5, 5.41) is 2.56. The summed E-state index contributed by atoms with van der Waals surface area (Å²) in [5.74, 6) is 0.0527. The zero-order chi connectivity index (χ0) is 23.7. The van der Waals surface area contributed by atoms with Crippen molar-refractivity contribution in [1.82, 2.24) is 0 Å². The average Bonchev–Trinajstić information content (AvgIpc) is 2.82. The number of anilines is 1. The minimum atomic E-state index is -4.67. The number of amides is 1. The van der Waals surface area contributed by atoms with E-state index in [0.717, 1.165) is 12.8 Å². The molecule has 0 radical (unpaired) electrons. The number of aryl methyl sites for hydroxylation is 1. The largest absolute Gasteiger partial charge is 0.494 e. The van der Waals surface area contributed by atoms with Crippen molar-refractivity contribution in [2.45, 2.75) is 18.9 Å². The third kappa shape index (κ3) is 8.46. The second-order valence-corrected chi connectivity index (χ2v) is 8.66. The first-order chi connectivity index (χ1) is 15.8. The number of carbonyl (C=O) groups is 1. The molecule has 174 valence electrons. The lowest BCUT2D eigenvalue weighted by atomic mass is 10.0. The molecule has 8 nitrogen and oxygen atoms in total. The smallest absolute Gasteiger partial charge is 0.469 e. The van der Waals surface area contributed by atoms with Gasteiger partial charge in [-0.1, -0.05) is 54.6 Å². The summed E-state index contributed by atoms with van der Waals surface area (Å²) in [4.78, 5) is 29.3. The molecule has 1 amide bonds. The summed E-state index contributed by atoms with van der Waals surface area (Å²) in [6.45, 7) is -0.0387. The number of ether oxygens (including phenoxy) is 1. The fraction of sp³-hybridized carbons (Fsp3) is 0.208. The van der Waals surface area contributed by atoms with Crippen LogP contribution in [0.25, 0.3) is 11.1 Å². The number of nitrogens with one attached hydrogen (secondary N) is 1. The number of phosphoric ester groups is 1. The van der Waals surface area contributed by atoms with Crippen LogP contribution in [0, 0.1) is 0 Å². The van der Waals surface area contributed by atoms with E-state index < -0.39 is 26.4 Å². The first-order valence-corrected chi connectivity index (χ1v) is 12.0. The zero-order valence-corrected chi connectivity index (χ0v) is 18.9. The number of hydrogen-bond acceptors (Lipinski definition) is 5. The maximum atomic E-state index is 12.0. The molecule has 0 fully saturated rings. The quantitative estimate of drug-likeness (QED) is 0.248. The molecule has 5 N–H and O–H groups in total. The molecule has 3 aromatic rings. The molecule has 3 rings (SSSR count). The van der Waals surface area contributed by atoms with Crippen LogP contribution in [-0.4, -0.2) is 34.9 Å². The van der Waals surface area contributed by atoms with Crippen LogP contribution >= 0.6 is 7.82 Å². The Balaban J connectivity index is 1.39. The van der Waals surface area contributed by atoms with Crippen LogP contribution in [0.15, 0.2) is 78.9 Å². The highest BCUT2D eigenvalue weighted by Gasteiger charge is 2.20. The molecule has 0 aromatic heterocycles. The van der Waals surface area contributed by atoms with Crippen molar-refractivity contribution in [3.05, 3.63) is 84.4 Å². The van der Waals surface area contributed by atoms with Gasteiger partial charge in [0.05, 0.1) is 13.2 Å². The van der Waals surface area contributed by atoms with Crippen molar-refractivity contribution in [2.75, 3.05) is 18.5 Å². The van der Waals surface area contributed by atoms with Crippen molar-refractivity contribution in [3.8, 4) is 16.9 Å². The van der Waals surface area contributed by atoms with Crippen molar-refractivity contribution in [3.63, 3.8) is 0 Å². The zero-order valence-electron chi connectivity index (χ0n) is 18.0. The highest BCUT2D eigenvalue weighted by molar-refractivity contribution is 7.46. The Morgan fingerprint density at radius 3 is 2.21 bits per heavy atom. The average molecular weight is 470 g/mol. The molecule has 33 heavy (non-hydrogen) atoms. The first-order valence-electron chi connectivity index (χ1n) is 10.4. The second kappa shape index (κ2) is 11.7. The highest BCUT2D eigenvalue weighted by atomic mass is 31.2. The lowest BCUT2D eigenvalue weighted by Gasteiger charge is -2.13. The number of benzene rings is 3. The third-order valence-electron chi connectivity index (χ3n) is 4.82. The van der Waals surface area contributed by atoms with Gasteiger partial charge in [-0.25, -0.2) is 4.57 Å². The maximum Gasteiger partial charge on any atom is 0.469 e. The molecule has 9 heteroatoms. The van der Waals surface area contributed by atoms with Crippen molar-refractivity contribution in [2.24, 2.45) is 5.73 Å². The predicted octanol–water partition coefficient (Wildman–Crippen LogP) is 3.74. The Bertz CT molecular complexity index is 1070. The van der Waals surface area contributed by atoms with Gasteiger partial charge in [-0.15, -0.1) is 0 Å². The molecule has 0 aliphatic heterocycles. The molecule has 0 saturated heterocycles. The monoisotopic (exact) mass is 470 g/mol. The van der Waals surface area contributed by atoms with Gasteiger partial charge in [-0.05, 0) is 53.8 Å². The summed E-state index contributed by atoms with van der Waals surface area (Å²) in [6.07, 6.45) is 1.76. The van der Waals surface area contributed by atoms with Gasteiger partial charge >= 0.3 is 7.82 Å². The van der Waals surface area contributed by atoms with Crippen molar-refractivity contribution < 1.29 is 28.4 Å². The van der Waals surface area contributed by atoms with Gasteiger partial charge in [0.25, 0.3) is 0 Å². The first kappa shape index (κ1) is 24.6. The van der Waals surface area contributed by atoms with E-state index in [-0.39, 0.29) is 0 Å². The minimum absolute atomic E-state index is 0.484. The van der Waals surface area contributed by atoms with E-state index in [1.807, 2.05) is 18.2 Å². The second-order valence-electron chi connectivity index (χ2n) is 7.42. The Kier molecular flexibility index (Phi) is 8.77. The van der Waals surface area contributed by atoms with Gasteiger partial charge in [-0.2, -0.15) is 0 Å². The molecule has 0 aliphatic rings. The summed E-state index contributed by atoms with van der Waals surface area (Å²) in [5.41, 5.74) is 9.68. The van der Waals surface area contributed by atoms with Gasteiger partial charge < -0.3 is 25.6 Å². The highest BCUT2D eigenvalue weighted by Crippen LogP contribution is 2.35. The number of carbonyl (C=O) groups excluding carboxylic acids is 1. The summed E-state index contributed by atoms with van der Waals surface area (Å²) < 4.78 is 20.7. The van der Waals surface area contributed by atoms with E-state index in [2.05, 4.69) is 46.2 Å². The molecule has 0 bridgehead atoms. The van der Waals surface area contributed by atoms with Crippen LogP contribution in [0.4, 0.5) is 5.69 Å². The molecule has 0 spiro atoms. The summed E-state index contributed by atoms with van der Waals surface area (Å²) in [7, 11) is -4.67. The summed E-state index contributed by atoms with van der Waals surface area (Å²) in [6, 6.07) is 24.3. The lowest BCUT2D eigenvalue weighted by Crippen LogP contribution is -2.39. The van der Waals surface area contributed by atoms with Crippen LogP contribution in [0.3, 0.4) is 0 Å². The molecule has 3 aromatic carbocycles. The van der Waals surface area contributed by atoms with E-state index in [9.17, 15) is 9.36 Å². The molecule has 0 aliphatic carbocycles. The Labute approximate surface area is 192 Å². The SMILES string of the molecule is N[C@@H](COP(=O)(O)O)C(=O)Nc1ccc(OCCCc2ccc(-c3ccccc3)cc2)cc1. The van der Waals surface area contributed by atoms with E-state index in [1.54, 1.807) is 24.3 Å². The van der Waals surface area contributed by atoms with Crippen molar-refractivity contribution in [1.29, 1.82) is 0 Å². The fourth-order valence-electron chi connectivity index (χ4n) is 3.08. The number of phosphoric acid groups is 1. The number of rotatable bonds is 11.